The van der Waals surface area contributed by atoms with E-state index in [1.807, 2.05) is 12.1 Å². The summed E-state index contributed by atoms with van der Waals surface area (Å²) >= 11 is 0. The van der Waals surface area contributed by atoms with E-state index in [1.165, 1.54) is 25.7 Å². The van der Waals surface area contributed by atoms with Crippen molar-refractivity contribution in [3.63, 3.8) is 0 Å². The summed E-state index contributed by atoms with van der Waals surface area (Å²) in [6.07, 6.45) is 5.05. The summed E-state index contributed by atoms with van der Waals surface area (Å²) in [5.74, 6) is 1.40. The third-order valence-corrected chi connectivity index (χ3v) is 5.27. The van der Waals surface area contributed by atoms with Gasteiger partial charge in [-0.2, -0.15) is 0 Å². The normalized spacial score (nSPS) is 17.8. The van der Waals surface area contributed by atoms with Crippen molar-refractivity contribution >= 4 is 16.7 Å². The Bertz CT molecular complexity index is 873. The standard InChI is InChI=1S/C22H24N2O/c1-2-19-5-3-4-14-24(19)22-13-9-18-15-17(8-12-21(18)23-22)16-6-10-20(25)11-7-16/h6-13,15,19,25H,2-5,14H2,1H3. The van der Waals surface area contributed by atoms with Crippen molar-refractivity contribution in [2.45, 2.75) is 38.6 Å². The summed E-state index contributed by atoms with van der Waals surface area (Å²) in [6.45, 7) is 3.39. The molecule has 3 nitrogen and oxygen atoms in total. The second-order valence-corrected chi connectivity index (χ2v) is 6.88. The number of hydrogen-bond acceptors (Lipinski definition) is 3. The predicted octanol–water partition coefficient (Wildman–Crippen LogP) is 5.38. The van der Waals surface area contributed by atoms with E-state index in [4.69, 9.17) is 4.98 Å². The number of aromatic nitrogens is 1. The Balaban J connectivity index is 1.68. The molecule has 0 saturated carbocycles. The van der Waals surface area contributed by atoms with E-state index in [0.717, 1.165) is 34.4 Å². The molecule has 4 rings (SSSR count). The minimum atomic E-state index is 0.294. The van der Waals surface area contributed by atoms with Crippen molar-refractivity contribution in [2.24, 2.45) is 0 Å². The highest BCUT2D eigenvalue weighted by atomic mass is 16.3. The van der Waals surface area contributed by atoms with Gasteiger partial charge in [0.2, 0.25) is 0 Å². The molecule has 128 valence electrons. The molecule has 1 aliphatic rings. The second kappa shape index (κ2) is 6.75. The molecule has 0 aliphatic carbocycles. The first kappa shape index (κ1) is 15.9. The van der Waals surface area contributed by atoms with Crippen LogP contribution in [0.5, 0.6) is 5.75 Å². The molecule has 1 aliphatic heterocycles. The van der Waals surface area contributed by atoms with E-state index < -0.39 is 0 Å². The number of rotatable bonds is 3. The van der Waals surface area contributed by atoms with E-state index in [2.05, 4.69) is 42.2 Å². The summed E-state index contributed by atoms with van der Waals surface area (Å²) in [5, 5.41) is 10.6. The Morgan fingerprint density at radius 2 is 1.80 bits per heavy atom. The number of hydrogen-bond donors (Lipinski definition) is 1. The first-order chi connectivity index (χ1) is 12.2. The smallest absolute Gasteiger partial charge is 0.129 e. The van der Waals surface area contributed by atoms with E-state index in [9.17, 15) is 5.11 Å². The van der Waals surface area contributed by atoms with Crippen LogP contribution < -0.4 is 4.90 Å². The van der Waals surface area contributed by atoms with Gasteiger partial charge in [-0.25, -0.2) is 4.98 Å². The van der Waals surface area contributed by atoms with Gasteiger partial charge in [0.1, 0.15) is 11.6 Å². The van der Waals surface area contributed by atoms with Crippen LogP contribution in [0.4, 0.5) is 5.82 Å². The van der Waals surface area contributed by atoms with Gasteiger partial charge in [0, 0.05) is 18.0 Å². The highest BCUT2D eigenvalue weighted by Crippen LogP contribution is 2.29. The second-order valence-electron chi connectivity index (χ2n) is 6.88. The zero-order chi connectivity index (χ0) is 17.2. The summed E-state index contributed by atoms with van der Waals surface area (Å²) in [4.78, 5) is 7.41. The molecule has 25 heavy (non-hydrogen) atoms. The molecule has 1 unspecified atom stereocenters. The maximum Gasteiger partial charge on any atom is 0.129 e. The largest absolute Gasteiger partial charge is 0.508 e. The molecule has 1 fully saturated rings. The molecule has 1 aromatic heterocycles. The molecule has 0 amide bonds. The predicted molar refractivity (Wildman–Crippen MR) is 104 cm³/mol. The highest BCUT2D eigenvalue weighted by Gasteiger charge is 2.22. The number of piperidine rings is 1. The third-order valence-electron chi connectivity index (χ3n) is 5.27. The van der Waals surface area contributed by atoms with E-state index in [1.54, 1.807) is 12.1 Å². The zero-order valence-corrected chi connectivity index (χ0v) is 14.7. The molecule has 3 aromatic rings. The summed E-state index contributed by atoms with van der Waals surface area (Å²) in [6, 6.07) is 18.7. The van der Waals surface area contributed by atoms with E-state index in [0.29, 0.717) is 11.8 Å². The Labute approximate surface area is 148 Å². The van der Waals surface area contributed by atoms with Crippen LogP contribution in [0.2, 0.25) is 0 Å². The number of aromatic hydroxyl groups is 1. The Hall–Kier alpha value is -2.55. The van der Waals surface area contributed by atoms with Gasteiger partial charge in [0.05, 0.1) is 5.52 Å². The van der Waals surface area contributed by atoms with Crippen LogP contribution in [-0.4, -0.2) is 22.7 Å². The Kier molecular flexibility index (Phi) is 4.31. The van der Waals surface area contributed by atoms with Crippen LogP contribution in [0.3, 0.4) is 0 Å². The molecule has 0 spiro atoms. The van der Waals surface area contributed by atoms with Crippen LogP contribution in [0.15, 0.2) is 54.6 Å². The lowest BCUT2D eigenvalue weighted by Gasteiger charge is -2.36. The highest BCUT2D eigenvalue weighted by molar-refractivity contribution is 5.85. The van der Waals surface area contributed by atoms with Crippen molar-refractivity contribution in [1.29, 1.82) is 0 Å². The lowest BCUT2D eigenvalue weighted by Crippen LogP contribution is -2.39. The average Bonchev–Trinajstić information content (AvgIpc) is 2.67. The fraction of sp³-hybridized carbons (Fsp3) is 0.318. The SMILES string of the molecule is CCC1CCCCN1c1ccc2cc(-c3ccc(O)cc3)ccc2n1. The molecule has 0 bridgehead atoms. The number of pyridine rings is 1. The van der Waals surface area contributed by atoms with Gasteiger partial charge in [-0.15, -0.1) is 0 Å². The van der Waals surface area contributed by atoms with Crippen LogP contribution in [0.1, 0.15) is 32.6 Å². The van der Waals surface area contributed by atoms with Crippen molar-refractivity contribution in [1.82, 2.24) is 4.98 Å². The molecular formula is C22H24N2O. The van der Waals surface area contributed by atoms with Gasteiger partial charge in [-0.1, -0.05) is 25.1 Å². The maximum absolute atomic E-state index is 9.46. The monoisotopic (exact) mass is 332 g/mol. The van der Waals surface area contributed by atoms with Gasteiger partial charge >= 0.3 is 0 Å². The number of phenols is 1. The maximum atomic E-state index is 9.46. The van der Waals surface area contributed by atoms with Gasteiger partial charge in [-0.3, -0.25) is 0 Å². The fourth-order valence-electron chi connectivity index (χ4n) is 3.83. The fourth-order valence-corrected chi connectivity index (χ4v) is 3.83. The van der Waals surface area contributed by atoms with Crippen LogP contribution in [0, 0.1) is 0 Å². The van der Waals surface area contributed by atoms with Crippen LogP contribution in [-0.2, 0) is 0 Å². The van der Waals surface area contributed by atoms with Gasteiger partial charge in [0.25, 0.3) is 0 Å². The van der Waals surface area contributed by atoms with Gasteiger partial charge in [0.15, 0.2) is 0 Å². The van der Waals surface area contributed by atoms with Crippen LogP contribution in [0.25, 0.3) is 22.0 Å². The number of benzene rings is 2. The molecule has 0 radical (unpaired) electrons. The van der Waals surface area contributed by atoms with E-state index in [-0.39, 0.29) is 0 Å². The van der Waals surface area contributed by atoms with Crippen molar-refractivity contribution in [2.75, 3.05) is 11.4 Å². The number of anilines is 1. The molecule has 2 aromatic carbocycles. The summed E-state index contributed by atoms with van der Waals surface area (Å²) < 4.78 is 0. The van der Waals surface area contributed by atoms with E-state index >= 15 is 0 Å². The molecule has 1 saturated heterocycles. The number of fused-ring (bicyclic) bond motifs is 1. The van der Waals surface area contributed by atoms with Gasteiger partial charge in [-0.05, 0) is 73.2 Å². The zero-order valence-electron chi connectivity index (χ0n) is 14.7. The summed E-state index contributed by atoms with van der Waals surface area (Å²) in [7, 11) is 0. The first-order valence-electron chi connectivity index (χ1n) is 9.21. The Morgan fingerprint density at radius 3 is 2.60 bits per heavy atom. The van der Waals surface area contributed by atoms with Gasteiger partial charge < -0.3 is 10.0 Å². The van der Waals surface area contributed by atoms with Crippen LogP contribution >= 0.6 is 0 Å². The first-order valence-corrected chi connectivity index (χ1v) is 9.21. The average molecular weight is 332 g/mol. The Morgan fingerprint density at radius 1 is 1.00 bits per heavy atom. The summed E-state index contributed by atoms with van der Waals surface area (Å²) in [5.41, 5.74) is 3.29. The number of phenolic OH excluding ortho intramolecular Hbond substituents is 1. The quantitative estimate of drug-likeness (QED) is 0.700. The lowest BCUT2D eigenvalue weighted by molar-refractivity contribution is 0.447. The van der Waals surface area contributed by atoms with Crippen molar-refractivity contribution < 1.29 is 5.11 Å². The lowest BCUT2D eigenvalue weighted by atomic mass is 9.99. The molecule has 2 heterocycles. The molecular weight excluding hydrogens is 308 g/mol. The molecule has 1 N–H and O–H groups in total. The minimum Gasteiger partial charge on any atom is -0.508 e. The molecule has 3 heteroatoms. The minimum absolute atomic E-state index is 0.294. The van der Waals surface area contributed by atoms with Crippen molar-refractivity contribution in [3.8, 4) is 16.9 Å². The number of nitrogens with zero attached hydrogens (tertiary/aromatic N) is 2. The van der Waals surface area contributed by atoms with Crippen molar-refractivity contribution in [3.05, 3.63) is 54.6 Å². The molecule has 1 atom stereocenters. The topological polar surface area (TPSA) is 36.4 Å². The third kappa shape index (κ3) is 3.19.